The fourth-order valence-electron chi connectivity index (χ4n) is 1.71. The molecule has 0 aromatic heterocycles. The first-order chi connectivity index (χ1) is 8.54. The van der Waals surface area contributed by atoms with Gasteiger partial charge in [0.2, 0.25) is 0 Å². The average Bonchev–Trinajstić information content (AvgIpc) is 2.37. The predicted octanol–water partition coefficient (Wildman–Crippen LogP) is 4.70. The molecule has 1 aromatic rings. The van der Waals surface area contributed by atoms with Gasteiger partial charge in [0.15, 0.2) is 23.3 Å². The summed E-state index contributed by atoms with van der Waals surface area (Å²) in [6.07, 6.45) is 4.05. The summed E-state index contributed by atoms with van der Waals surface area (Å²) in [7, 11) is 0. The minimum absolute atomic E-state index is 0.00586. The molecule has 0 aliphatic carbocycles. The van der Waals surface area contributed by atoms with Crippen LogP contribution in [0, 0.1) is 23.3 Å². The highest BCUT2D eigenvalue weighted by molar-refractivity contribution is 5.31. The van der Waals surface area contributed by atoms with Crippen LogP contribution in [0.1, 0.15) is 37.8 Å². The SMILES string of the molecule is C/C=C/Cc1c(F)c(F)c(CCCC)c(F)c1F. The molecule has 0 N–H and O–H groups in total. The van der Waals surface area contributed by atoms with Crippen LogP contribution in [-0.2, 0) is 12.8 Å². The number of hydrogen-bond acceptors (Lipinski definition) is 0. The molecule has 4 heteroatoms. The molecular formula is C14H16F4. The van der Waals surface area contributed by atoms with Crippen molar-refractivity contribution in [2.45, 2.75) is 39.5 Å². The summed E-state index contributed by atoms with van der Waals surface area (Å²) >= 11 is 0. The van der Waals surface area contributed by atoms with Crippen molar-refractivity contribution >= 4 is 0 Å². The highest BCUT2D eigenvalue weighted by Gasteiger charge is 2.23. The Morgan fingerprint density at radius 3 is 1.83 bits per heavy atom. The van der Waals surface area contributed by atoms with Crippen LogP contribution in [0.15, 0.2) is 12.2 Å². The van der Waals surface area contributed by atoms with Crippen LogP contribution >= 0.6 is 0 Å². The summed E-state index contributed by atoms with van der Waals surface area (Å²) in [4.78, 5) is 0. The minimum Gasteiger partial charge on any atom is -0.203 e. The monoisotopic (exact) mass is 260 g/mol. The fourth-order valence-corrected chi connectivity index (χ4v) is 1.71. The standard InChI is InChI=1S/C14H16F4/c1-3-5-7-9-11(15)13(17)10(8-6-4-2)14(18)12(9)16/h3,5H,4,6-8H2,1-2H3/b5-3+. The first-order valence-corrected chi connectivity index (χ1v) is 5.99. The van der Waals surface area contributed by atoms with Crippen molar-refractivity contribution in [3.8, 4) is 0 Å². The maximum absolute atomic E-state index is 13.6. The van der Waals surface area contributed by atoms with Crippen LogP contribution in [0.2, 0.25) is 0 Å². The largest absolute Gasteiger partial charge is 0.203 e. The second-order valence-corrected chi connectivity index (χ2v) is 4.09. The van der Waals surface area contributed by atoms with Crippen molar-refractivity contribution < 1.29 is 17.6 Å². The van der Waals surface area contributed by atoms with Gasteiger partial charge in [-0.15, -0.1) is 0 Å². The molecule has 0 nitrogen and oxygen atoms in total. The minimum atomic E-state index is -1.28. The van der Waals surface area contributed by atoms with Gasteiger partial charge in [0, 0.05) is 11.1 Å². The summed E-state index contributed by atoms with van der Waals surface area (Å²) in [5.41, 5.74) is -1.04. The van der Waals surface area contributed by atoms with Crippen molar-refractivity contribution in [2.75, 3.05) is 0 Å². The van der Waals surface area contributed by atoms with Gasteiger partial charge >= 0.3 is 0 Å². The zero-order valence-corrected chi connectivity index (χ0v) is 10.5. The molecule has 0 aliphatic heterocycles. The van der Waals surface area contributed by atoms with Gasteiger partial charge in [-0.2, -0.15) is 0 Å². The van der Waals surface area contributed by atoms with E-state index in [0.717, 1.165) is 0 Å². The zero-order valence-electron chi connectivity index (χ0n) is 10.5. The molecule has 100 valence electrons. The van der Waals surface area contributed by atoms with Gasteiger partial charge in [0.05, 0.1) is 0 Å². The van der Waals surface area contributed by atoms with Gasteiger partial charge in [-0.1, -0.05) is 25.5 Å². The second-order valence-electron chi connectivity index (χ2n) is 4.09. The summed E-state index contributed by atoms with van der Waals surface area (Å²) < 4.78 is 54.6. The van der Waals surface area contributed by atoms with Crippen molar-refractivity contribution in [1.82, 2.24) is 0 Å². The Morgan fingerprint density at radius 1 is 0.889 bits per heavy atom. The van der Waals surface area contributed by atoms with Gasteiger partial charge < -0.3 is 0 Å². The molecule has 0 heterocycles. The van der Waals surface area contributed by atoms with Gasteiger partial charge in [0.25, 0.3) is 0 Å². The molecule has 0 fully saturated rings. The Balaban J connectivity index is 3.26. The molecule has 0 bridgehead atoms. The number of unbranched alkanes of at least 4 members (excludes halogenated alkanes) is 1. The van der Waals surface area contributed by atoms with E-state index >= 15 is 0 Å². The Kier molecular flexibility index (Phi) is 5.38. The van der Waals surface area contributed by atoms with Crippen molar-refractivity contribution in [3.05, 3.63) is 46.5 Å². The third-order valence-electron chi connectivity index (χ3n) is 2.78. The third-order valence-corrected chi connectivity index (χ3v) is 2.78. The Labute approximate surface area is 104 Å². The zero-order chi connectivity index (χ0) is 13.7. The van der Waals surface area contributed by atoms with Crippen LogP contribution < -0.4 is 0 Å². The van der Waals surface area contributed by atoms with Crippen LogP contribution in [-0.4, -0.2) is 0 Å². The normalized spacial score (nSPS) is 11.4. The summed E-state index contributed by atoms with van der Waals surface area (Å²) in [5.74, 6) is -5.08. The Morgan fingerprint density at radius 2 is 1.39 bits per heavy atom. The highest BCUT2D eigenvalue weighted by Crippen LogP contribution is 2.26. The highest BCUT2D eigenvalue weighted by atomic mass is 19.2. The van der Waals surface area contributed by atoms with E-state index in [9.17, 15) is 17.6 Å². The first-order valence-electron chi connectivity index (χ1n) is 5.99. The van der Waals surface area contributed by atoms with Gasteiger partial charge in [-0.25, -0.2) is 17.6 Å². The average molecular weight is 260 g/mol. The number of allylic oxidation sites excluding steroid dienone is 2. The lowest BCUT2D eigenvalue weighted by atomic mass is 10.0. The van der Waals surface area contributed by atoms with Crippen molar-refractivity contribution in [2.24, 2.45) is 0 Å². The lowest BCUT2D eigenvalue weighted by Gasteiger charge is -2.10. The second kappa shape index (κ2) is 6.57. The number of hydrogen-bond donors (Lipinski definition) is 0. The number of benzene rings is 1. The van der Waals surface area contributed by atoms with E-state index in [4.69, 9.17) is 0 Å². The molecule has 0 atom stereocenters. The van der Waals surface area contributed by atoms with E-state index in [1.807, 2.05) is 6.92 Å². The van der Waals surface area contributed by atoms with Gasteiger partial charge in [-0.05, 0) is 26.2 Å². The van der Waals surface area contributed by atoms with E-state index in [1.54, 1.807) is 13.0 Å². The predicted molar refractivity (Wildman–Crippen MR) is 63.4 cm³/mol. The van der Waals surface area contributed by atoms with Crippen molar-refractivity contribution in [1.29, 1.82) is 0 Å². The quantitative estimate of drug-likeness (QED) is 0.409. The van der Waals surface area contributed by atoms with E-state index in [2.05, 4.69) is 0 Å². The topological polar surface area (TPSA) is 0 Å². The molecule has 18 heavy (non-hydrogen) atoms. The molecule has 0 spiro atoms. The fraction of sp³-hybridized carbons (Fsp3) is 0.429. The smallest absolute Gasteiger partial charge is 0.165 e. The summed E-state index contributed by atoms with van der Waals surface area (Å²) in [6.45, 7) is 3.50. The Bertz CT molecular complexity index is 421. The molecule has 0 saturated heterocycles. The van der Waals surface area contributed by atoms with Gasteiger partial charge in [-0.3, -0.25) is 0 Å². The summed E-state index contributed by atoms with van der Waals surface area (Å²) in [5, 5.41) is 0. The third kappa shape index (κ3) is 2.92. The number of rotatable bonds is 5. The molecule has 1 aromatic carbocycles. The van der Waals surface area contributed by atoms with Crippen LogP contribution in [0.3, 0.4) is 0 Å². The van der Waals surface area contributed by atoms with E-state index < -0.39 is 34.4 Å². The molecule has 0 amide bonds. The van der Waals surface area contributed by atoms with Crippen LogP contribution in [0.4, 0.5) is 17.6 Å². The Hall–Kier alpha value is -1.32. The molecule has 1 rings (SSSR count). The molecule has 0 aliphatic rings. The van der Waals surface area contributed by atoms with E-state index in [0.29, 0.717) is 12.8 Å². The van der Waals surface area contributed by atoms with Crippen LogP contribution in [0.25, 0.3) is 0 Å². The molecule has 0 radical (unpaired) electrons. The van der Waals surface area contributed by atoms with Crippen molar-refractivity contribution in [3.63, 3.8) is 0 Å². The molecule has 0 unspecified atom stereocenters. The maximum Gasteiger partial charge on any atom is 0.165 e. The first kappa shape index (κ1) is 14.7. The molecular weight excluding hydrogens is 244 g/mol. The lowest BCUT2D eigenvalue weighted by molar-refractivity contribution is 0.426. The maximum atomic E-state index is 13.6. The van der Waals surface area contributed by atoms with E-state index in [1.165, 1.54) is 6.08 Å². The van der Waals surface area contributed by atoms with Gasteiger partial charge in [0.1, 0.15) is 0 Å². The molecule has 0 saturated carbocycles. The number of halogens is 4. The van der Waals surface area contributed by atoms with E-state index in [-0.39, 0.29) is 12.8 Å². The summed E-state index contributed by atoms with van der Waals surface area (Å²) in [6, 6.07) is 0. The lowest BCUT2D eigenvalue weighted by Crippen LogP contribution is -2.08. The van der Waals surface area contributed by atoms with Crippen LogP contribution in [0.5, 0.6) is 0 Å².